The summed E-state index contributed by atoms with van der Waals surface area (Å²) in [7, 11) is 4.64. The highest BCUT2D eigenvalue weighted by Gasteiger charge is 2.32. The maximum Gasteiger partial charge on any atom is 0.169 e. The van der Waals surface area contributed by atoms with Gasteiger partial charge in [-0.1, -0.05) is 6.07 Å². The first-order valence-electron chi connectivity index (χ1n) is 11.5. The zero-order chi connectivity index (χ0) is 26.4. The predicted molar refractivity (Wildman–Crippen MR) is 131 cm³/mol. The van der Waals surface area contributed by atoms with E-state index >= 15 is 0 Å². The second kappa shape index (κ2) is 12.4. The molecule has 3 heterocycles. The van der Waals surface area contributed by atoms with E-state index in [9.17, 15) is 8.76 Å². The highest BCUT2D eigenvalue weighted by atomic mass is 32.2. The van der Waals surface area contributed by atoms with Gasteiger partial charge in [0, 0.05) is 29.6 Å². The van der Waals surface area contributed by atoms with Gasteiger partial charge in [-0.05, 0) is 19.1 Å². The molecule has 4 atom stereocenters. The van der Waals surface area contributed by atoms with E-state index in [0.717, 1.165) is 0 Å². The van der Waals surface area contributed by atoms with Gasteiger partial charge < -0.3 is 28.2 Å². The molecule has 0 spiro atoms. The standard InChI is InChI=1S/C23H30N6O7S/c1-14(28-37(30)31)16(22-24-11-15(32-2)12-25-22)10-20-26-27-23(19-13-35-8-9-36-19)29(20)21-17(33-3)6-5-7-18(21)34-4/h5-7,11-12,14,16,19,28H,8-10,13H2,1-4H3,(H,30,31)/p-1/t14-,16-,19-/m1/s1. The summed E-state index contributed by atoms with van der Waals surface area (Å²) in [5, 5.41) is 8.94. The number of ether oxygens (including phenoxy) is 5. The first kappa shape index (κ1) is 26.9. The maximum atomic E-state index is 11.5. The van der Waals surface area contributed by atoms with Crippen molar-refractivity contribution in [2.45, 2.75) is 31.4 Å². The van der Waals surface area contributed by atoms with E-state index in [-0.39, 0.29) is 6.42 Å². The number of rotatable bonds is 11. The van der Waals surface area contributed by atoms with Gasteiger partial charge in [-0.2, -0.15) is 0 Å². The summed E-state index contributed by atoms with van der Waals surface area (Å²) in [6, 6.07) is 4.85. The Labute approximate surface area is 216 Å². The van der Waals surface area contributed by atoms with Crippen LogP contribution in [0.3, 0.4) is 0 Å². The largest absolute Gasteiger partial charge is 0.760 e. The fraction of sp³-hybridized carbons (Fsp3) is 0.478. The number of para-hydroxylation sites is 1. The lowest BCUT2D eigenvalue weighted by Crippen LogP contribution is -2.36. The molecule has 0 aliphatic carbocycles. The number of benzene rings is 1. The molecule has 4 rings (SSSR count). The van der Waals surface area contributed by atoms with Gasteiger partial charge in [0.25, 0.3) is 0 Å². The number of nitrogens with one attached hydrogen (secondary N) is 1. The van der Waals surface area contributed by atoms with Crippen LogP contribution in [0.4, 0.5) is 0 Å². The summed E-state index contributed by atoms with van der Waals surface area (Å²) < 4.78 is 55.4. The number of hydrogen-bond donors (Lipinski definition) is 1. The van der Waals surface area contributed by atoms with Crippen molar-refractivity contribution in [1.82, 2.24) is 29.5 Å². The van der Waals surface area contributed by atoms with Crippen LogP contribution >= 0.6 is 0 Å². The van der Waals surface area contributed by atoms with E-state index in [1.165, 1.54) is 19.5 Å². The molecule has 14 heteroatoms. The Bertz CT molecular complexity index is 1180. The molecule has 1 N–H and O–H groups in total. The minimum Gasteiger partial charge on any atom is -0.760 e. The molecule has 1 saturated heterocycles. The minimum atomic E-state index is -2.50. The number of hydrogen-bond acceptors (Lipinski definition) is 11. The molecule has 37 heavy (non-hydrogen) atoms. The molecule has 200 valence electrons. The zero-order valence-corrected chi connectivity index (χ0v) is 21.8. The number of aromatic nitrogens is 5. The van der Waals surface area contributed by atoms with Crippen molar-refractivity contribution < 1.29 is 32.4 Å². The van der Waals surface area contributed by atoms with E-state index in [4.69, 9.17) is 23.7 Å². The van der Waals surface area contributed by atoms with Crippen LogP contribution in [0.25, 0.3) is 5.69 Å². The van der Waals surface area contributed by atoms with Gasteiger partial charge in [-0.3, -0.25) is 8.78 Å². The molecule has 1 unspecified atom stereocenters. The van der Waals surface area contributed by atoms with E-state index in [1.54, 1.807) is 33.3 Å². The molecule has 0 bridgehead atoms. The Morgan fingerprint density at radius 1 is 1.14 bits per heavy atom. The lowest BCUT2D eigenvalue weighted by molar-refractivity contribution is -0.0942. The first-order valence-corrected chi connectivity index (χ1v) is 12.6. The van der Waals surface area contributed by atoms with Crippen LogP contribution in [0, 0.1) is 0 Å². The summed E-state index contributed by atoms with van der Waals surface area (Å²) in [5.74, 6) is 2.44. The molecule has 1 fully saturated rings. The second-order valence-electron chi connectivity index (χ2n) is 8.19. The monoisotopic (exact) mass is 533 g/mol. The fourth-order valence-electron chi connectivity index (χ4n) is 4.15. The van der Waals surface area contributed by atoms with Crippen LogP contribution < -0.4 is 18.9 Å². The fourth-order valence-corrected chi connectivity index (χ4v) is 4.62. The van der Waals surface area contributed by atoms with Gasteiger partial charge in [0.2, 0.25) is 0 Å². The van der Waals surface area contributed by atoms with Gasteiger partial charge in [-0.15, -0.1) is 10.2 Å². The molecule has 13 nitrogen and oxygen atoms in total. The molecule has 1 aromatic carbocycles. The summed E-state index contributed by atoms with van der Waals surface area (Å²) in [6.45, 7) is 2.93. The van der Waals surface area contributed by atoms with Gasteiger partial charge in [-0.25, -0.2) is 14.7 Å². The van der Waals surface area contributed by atoms with Crippen LogP contribution in [0.15, 0.2) is 30.6 Å². The maximum absolute atomic E-state index is 11.5. The van der Waals surface area contributed by atoms with Crippen LogP contribution in [0.1, 0.15) is 36.4 Å². The Kier molecular flexibility index (Phi) is 9.00. The van der Waals surface area contributed by atoms with Crippen molar-refractivity contribution >= 4 is 11.3 Å². The van der Waals surface area contributed by atoms with Crippen LogP contribution in [-0.4, -0.2) is 80.7 Å². The Balaban J connectivity index is 1.84. The highest BCUT2D eigenvalue weighted by molar-refractivity contribution is 7.77. The van der Waals surface area contributed by atoms with E-state index < -0.39 is 29.3 Å². The Morgan fingerprint density at radius 2 is 1.84 bits per heavy atom. The van der Waals surface area contributed by atoms with Crippen molar-refractivity contribution in [2.24, 2.45) is 0 Å². The number of methoxy groups -OCH3 is 3. The van der Waals surface area contributed by atoms with Crippen molar-refractivity contribution in [3.05, 3.63) is 48.1 Å². The van der Waals surface area contributed by atoms with Crippen LogP contribution in [0.2, 0.25) is 0 Å². The third-order valence-corrected chi connectivity index (χ3v) is 6.55. The molecule has 0 radical (unpaired) electrons. The van der Waals surface area contributed by atoms with Gasteiger partial charge in [0.1, 0.15) is 34.9 Å². The van der Waals surface area contributed by atoms with Crippen molar-refractivity contribution in [2.75, 3.05) is 41.2 Å². The predicted octanol–water partition coefficient (Wildman–Crippen LogP) is 1.27. The molecule has 0 amide bonds. The topological polar surface area (TPSA) is 155 Å². The van der Waals surface area contributed by atoms with E-state index in [1.807, 2.05) is 10.6 Å². The van der Waals surface area contributed by atoms with Gasteiger partial charge in [0.05, 0.1) is 53.5 Å². The van der Waals surface area contributed by atoms with Crippen molar-refractivity contribution in [3.63, 3.8) is 0 Å². The molecule has 3 aromatic rings. The quantitative estimate of drug-likeness (QED) is 0.354. The molecule has 2 aromatic heterocycles. The zero-order valence-electron chi connectivity index (χ0n) is 20.9. The van der Waals surface area contributed by atoms with E-state index in [2.05, 4.69) is 24.9 Å². The van der Waals surface area contributed by atoms with Gasteiger partial charge in [0.15, 0.2) is 11.6 Å². The molecule has 1 aliphatic heterocycles. The third-order valence-electron chi connectivity index (χ3n) is 5.99. The molecule has 1 aliphatic rings. The molecular formula is C23H29N6O7S-. The van der Waals surface area contributed by atoms with Crippen LogP contribution in [0.5, 0.6) is 17.2 Å². The average Bonchev–Trinajstić information content (AvgIpc) is 3.34. The summed E-state index contributed by atoms with van der Waals surface area (Å²) >= 11 is -2.50. The molecule has 0 saturated carbocycles. The highest BCUT2D eigenvalue weighted by Crippen LogP contribution is 2.37. The number of nitrogens with zero attached hydrogens (tertiary/aromatic N) is 5. The normalized spacial score (nSPS) is 18.1. The minimum absolute atomic E-state index is 0.222. The first-order chi connectivity index (χ1) is 18.0. The lowest BCUT2D eigenvalue weighted by Gasteiger charge is -2.26. The molecular weight excluding hydrogens is 504 g/mol. The van der Waals surface area contributed by atoms with E-state index in [0.29, 0.717) is 60.2 Å². The summed E-state index contributed by atoms with van der Waals surface area (Å²) in [6.07, 6.45) is 2.80. The SMILES string of the molecule is COc1cnc([C@H](Cc2nnc([C@H]3COCCO3)n2-c2c(OC)cccc2OC)[C@@H](C)NS(=O)[O-])nc1. The third kappa shape index (κ3) is 6.05. The summed E-state index contributed by atoms with van der Waals surface area (Å²) in [5.41, 5.74) is 0.582. The Morgan fingerprint density at radius 3 is 2.41 bits per heavy atom. The van der Waals surface area contributed by atoms with Crippen molar-refractivity contribution in [1.29, 1.82) is 0 Å². The lowest BCUT2D eigenvalue weighted by atomic mass is 9.96. The second-order valence-corrected chi connectivity index (χ2v) is 8.89. The van der Waals surface area contributed by atoms with Crippen molar-refractivity contribution in [3.8, 4) is 22.9 Å². The van der Waals surface area contributed by atoms with Crippen LogP contribution in [-0.2, 0) is 27.2 Å². The van der Waals surface area contributed by atoms with Gasteiger partial charge >= 0.3 is 0 Å². The smallest absolute Gasteiger partial charge is 0.169 e. The Hall–Kier alpha value is -3.17. The summed E-state index contributed by atoms with van der Waals surface area (Å²) in [4.78, 5) is 8.82. The average molecular weight is 534 g/mol.